The Bertz CT molecular complexity index is 590. The van der Waals surface area contributed by atoms with Crippen LogP contribution in [-0.2, 0) is 0 Å². The summed E-state index contributed by atoms with van der Waals surface area (Å²) in [7, 11) is 3.41. The Hall–Kier alpha value is -1.75. The molecule has 0 unspecified atom stereocenters. The van der Waals surface area contributed by atoms with Crippen LogP contribution in [0.3, 0.4) is 0 Å². The van der Waals surface area contributed by atoms with Crippen LogP contribution in [0.1, 0.15) is 13.3 Å². The van der Waals surface area contributed by atoms with Crippen molar-refractivity contribution in [1.29, 1.82) is 0 Å². The summed E-state index contributed by atoms with van der Waals surface area (Å²) in [6.07, 6.45) is 0.892. The van der Waals surface area contributed by atoms with Crippen LogP contribution in [0.4, 0.5) is 5.69 Å². The molecular weight excluding hydrogens is 266 g/mol. The topological polar surface area (TPSA) is 56.3 Å². The van der Waals surface area contributed by atoms with Crippen LogP contribution in [-0.4, -0.2) is 30.7 Å². The van der Waals surface area contributed by atoms with E-state index in [1.54, 1.807) is 14.2 Å². The maximum Gasteiger partial charge on any atom is 0.318 e. The number of nitrogens with zero attached hydrogens (tertiary/aromatic N) is 2. The number of hydrogen-bond donors (Lipinski definition) is 1. The summed E-state index contributed by atoms with van der Waals surface area (Å²) < 4.78 is 10.7. The van der Waals surface area contributed by atoms with Crippen LogP contribution in [0.2, 0.25) is 5.15 Å². The van der Waals surface area contributed by atoms with Gasteiger partial charge in [-0.15, -0.1) is 0 Å². The lowest BCUT2D eigenvalue weighted by atomic mass is 10.2. The second-order valence-electron chi connectivity index (χ2n) is 3.93. The zero-order valence-corrected chi connectivity index (χ0v) is 11.9. The molecule has 0 bridgehead atoms. The monoisotopic (exact) mass is 281 g/mol. The van der Waals surface area contributed by atoms with E-state index in [1.165, 1.54) is 0 Å². The minimum Gasteiger partial charge on any atom is -0.495 e. The van der Waals surface area contributed by atoms with E-state index in [0.29, 0.717) is 23.5 Å². The van der Waals surface area contributed by atoms with Crippen molar-refractivity contribution in [3.05, 3.63) is 17.3 Å². The highest BCUT2D eigenvalue weighted by molar-refractivity contribution is 6.35. The van der Waals surface area contributed by atoms with Gasteiger partial charge in [0.05, 0.1) is 30.3 Å². The van der Waals surface area contributed by atoms with Gasteiger partial charge in [-0.2, -0.15) is 9.97 Å². The van der Waals surface area contributed by atoms with Gasteiger partial charge < -0.3 is 14.8 Å². The fraction of sp³-hybridized carbons (Fsp3) is 0.385. The fourth-order valence-electron chi connectivity index (χ4n) is 1.82. The molecular formula is C13H16ClN3O2. The molecule has 5 nitrogen and oxygen atoms in total. The molecule has 2 aromatic rings. The molecule has 1 N–H and O–H groups in total. The minimum absolute atomic E-state index is 0.298. The first-order valence-corrected chi connectivity index (χ1v) is 6.43. The number of methoxy groups -OCH3 is 1. The van der Waals surface area contributed by atoms with Gasteiger partial charge in [-0.3, -0.25) is 0 Å². The summed E-state index contributed by atoms with van der Waals surface area (Å²) in [5, 5.41) is 4.14. The van der Waals surface area contributed by atoms with Gasteiger partial charge in [0.15, 0.2) is 0 Å². The summed E-state index contributed by atoms with van der Waals surface area (Å²) in [5.74, 6) is 0.697. The predicted molar refractivity (Wildman–Crippen MR) is 76.4 cm³/mol. The van der Waals surface area contributed by atoms with Gasteiger partial charge in [-0.1, -0.05) is 18.5 Å². The van der Waals surface area contributed by atoms with Crippen molar-refractivity contribution in [2.45, 2.75) is 13.3 Å². The highest BCUT2D eigenvalue weighted by Crippen LogP contribution is 2.36. The van der Waals surface area contributed by atoms with Crippen LogP contribution >= 0.6 is 11.6 Å². The smallest absolute Gasteiger partial charge is 0.318 e. The molecule has 0 saturated carbocycles. The maximum absolute atomic E-state index is 6.23. The van der Waals surface area contributed by atoms with Crippen LogP contribution in [0.25, 0.3) is 10.9 Å². The van der Waals surface area contributed by atoms with E-state index in [9.17, 15) is 0 Å². The Balaban J connectivity index is 2.58. The van der Waals surface area contributed by atoms with Gasteiger partial charge in [0.25, 0.3) is 0 Å². The van der Waals surface area contributed by atoms with E-state index in [-0.39, 0.29) is 0 Å². The van der Waals surface area contributed by atoms with Crippen molar-refractivity contribution >= 4 is 28.2 Å². The van der Waals surface area contributed by atoms with E-state index >= 15 is 0 Å². The second-order valence-corrected chi connectivity index (χ2v) is 4.29. The molecule has 0 aliphatic rings. The molecule has 0 fully saturated rings. The third-order valence-electron chi connectivity index (χ3n) is 2.67. The van der Waals surface area contributed by atoms with Gasteiger partial charge in [0.1, 0.15) is 10.9 Å². The van der Waals surface area contributed by atoms with Crippen molar-refractivity contribution in [3.8, 4) is 11.8 Å². The highest BCUT2D eigenvalue weighted by atomic mass is 35.5. The molecule has 2 rings (SSSR count). The number of fused-ring (bicyclic) bond motifs is 1. The number of rotatable bonds is 5. The second kappa shape index (κ2) is 5.93. The molecule has 1 aromatic heterocycles. The van der Waals surface area contributed by atoms with E-state index in [0.717, 1.165) is 23.0 Å². The number of hydrogen-bond acceptors (Lipinski definition) is 5. The third kappa shape index (κ3) is 2.66. The van der Waals surface area contributed by atoms with Crippen LogP contribution in [0, 0.1) is 0 Å². The first kappa shape index (κ1) is 13.7. The molecule has 1 heterocycles. The van der Waals surface area contributed by atoms with Crippen molar-refractivity contribution in [1.82, 2.24) is 9.97 Å². The Morgan fingerprint density at radius 1 is 1.32 bits per heavy atom. The predicted octanol–water partition coefficient (Wildman–Crippen LogP) is 3.12. The number of anilines is 1. The summed E-state index contributed by atoms with van der Waals surface area (Å²) >= 11 is 6.23. The molecule has 6 heteroatoms. The van der Waals surface area contributed by atoms with Gasteiger partial charge in [0, 0.05) is 7.05 Å². The van der Waals surface area contributed by atoms with Crippen molar-refractivity contribution < 1.29 is 9.47 Å². The molecule has 0 aliphatic carbocycles. The van der Waals surface area contributed by atoms with Crippen LogP contribution in [0.15, 0.2) is 12.1 Å². The molecule has 0 spiro atoms. The fourth-order valence-corrected chi connectivity index (χ4v) is 2.08. The molecule has 0 radical (unpaired) electrons. The Labute approximate surface area is 116 Å². The van der Waals surface area contributed by atoms with Gasteiger partial charge >= 0.3 is 6.01 Å². The Morgan fingerprint density at radius 3 is 2.74 bits per heavy atom. The number of benzene rings is 1. The number of nitrogens with one attached hydrogen (secondary N) is 1. The molecule has 0 aliphatic heterocycles. The van der Waals surface area contributed by atoms with Gasteiger partial charge in [-0.25, -0.2) is 0 Å². The Morgan fingerprint density at radius 2 is 2.11 bits per heavy atom. The van der Waals surface area contributed by atoms with E-state index in [4.69, 9.17) is 21.1 Å². The first-order chi connectivity index (χ1) is 9.21. The standard InChI is InChI=1S/C13H16ClN3O2/c1-4-7-19-13-16-8-5-6-9(18-3)11(15-2)10(8)12(14)17-13/h5-6,15H,4,7H2,1-3H3. The molecule has 0 saturated heterocycles. The lowest BCUT2D eigenvalue weighted by Crippen LogP contribution is -2.02. The van der Waals surface area contributed by atoms with Gasteiger partial charge in [-0.05, 0) is 18.6 Å². The summed E-state index contributed by atoms with van der Waals surface area (Å²) in [6.45, 7) is 2.59. The zero-order chi connectivity index (χ0) is 13.8. The van der Waals surface area contributed by atoms with E-state index in [1.807, 2.05) is 19.1 Å². The summed E-state index contributed by atoms with van der Waals surface area (Å²) in [5.41, 5.74) is 1.49. The molecule has 0 atom stereocenters. The van der Waals surface area contributed by atoms with Crippen LogP contribution in [0.5, 0.6) is 11.8 Å². The lowest BCUT2D eigenvalue weighted by Gasteiger charge is -2.12. The van der Waals surface area contributed by atoms with E-state index in [2.05, 4.69) is 15.3 Å². The molecule has 102 valence electrons. The third-order valence-corrected chi connectivity index (χ3v) is 2.94. The Kier molecular flexibility index (Phi) is 4.27. The summed E-state index contributed by atoms with van der Waals surface area (Å²) in [4.78, 5) is 8.50. The normalized spacial score (nSPS) is 10.5. The number of aromatic nitrogens is 2. The number of ether oxygens (including phenoxy) is 2. The average Bonchev–Trinajstić information content (AvgIpc) is 2.43. The van der Waals surface area contributed by atoms with Gasteiger partial charge in [0.2, 0.25) is 0 Å². The summed E-state index contributed by atoms with van der Waals surface area (Å²) in [6, 6.07) is 3.97. The first-order valence-electron chi connectivity index (χ1n) is 6.06. The molecule has 1 aromatic carbocycles. The van der Waals surface area contributed by atoms with E-state index < -0.39 is 0 Å². The molecule has 0 amide bonds. The van der Waals surface area contributed by atoms with Crippen molar-refractivity contribution in [2.75, 3.05) is 26.1 Å². The lowest BCUT2D eigenvalue weighted by molar-refractivity contribution is 0.293. The van der Waals surface area contributed by atoms with Crippen molar-refractivity contribution in [2.24, 2.45) is 0 Å². The quantitative estimate of drug-likeness (QED) is 0.854. The SMILES string of the molecule is CCCOc1nc(Cl)c2c(NC)c(OC)ccc2n1. The largest absolute Gasteiger partial charge is 0.495 e. The zero-order valence-electron chi connectivity index (χ0n) is 11.2. The number of halogens is 1. The molecule has 19 heavy (non-hydrogen) atoms. The minimum atomic E-state index is 0.298. The highest BCUT2D eigenvalue weighted by Gasteiger charge is 2.14. The van der Waals surface area contributed by atoms with Crippen LogP contribution < -0.4 is 14.8 Å². The average molecular weight is 282 g/mol. The van der Waals surface area contributed by atoms with Crippen molar-refractivity contribution in [3.63, 3.8) is 0 Å². The maximum atomic E-state index is 6.23.